The molecule has 0 aromatic heterocycles. The molecule has 1 unspecified atom stereocenters. The lowest BCUT2D eigenvalue weighted by molar-refractivity contribution is -0.138. The number of amides is 2. The molecule has 1 N–H and O–H groups in total. The van der Waals surface area contributed by atoms with Crippen molar-refractivity contribution in [3.05, 3.63) is 59.1 Å². The van der Waals surface area contributed by atoms with Crippen molar-refractivity contribution in [3.63, 3.8) is 0 Å². The minimum Gasteiger partial charge on any atom is -0.495 e. The van der Waals surface area contributed by atoms with E-state index in [1.807, 2.05) is 30.3 Å². The van der Waals surface area contributed by atoms with Crippen molar-refractivity contribution in [2.75, 3.05) is 18.6 Å². The number of nitrogens with one attached hydrogen (secondary N) is 1. The Balaban J connectivity index is 1.60. The number of halogens is 1. The van der Waals surface area contributed by atoms with Crippen LogP contribution in [0.3, 0.4) is 0 Å². The zero-order chi connectivity index (χ0) is 18.5. The van der Waals surface area contributed by atoms with Gasteiger partial charge >= 0.3 is 0 Å². The Morgan fingerprint density at radius 2 is 2.04 bits per heavy atom. The molecule has 0 spiro atoms. The highest BCUT2D eigenvalue weighted by Crippen LogP contribution is 2.35. The van der Waals surface area contributed by atoms with Crippen LogP contribution in [0.15, 0.2) is 48.5 Å². The Labute approximate surface area is 156 Å². The van der Waals surface area contributed by atoms with E-state index < -0.39 is 5.92 Å². The first kappa shape index (κ1) is 18.2. The molecule has 1 aliphatic heterocycles. The van der Waals surface area contributed by atoms with Crippen molar-refractivity contribution in [3.8, 4) is 5.75 Å². The molecule has 6 nitrogen and oxygen atoms in total. The number of benzene rings is 2. The molecule has 1 atom stereocenters. The number of hydrogen-bond acceptors (Lipinski definition) is 4. The van der Waals surface area contributed by atoms with Crippen LogP contribution in [0.5, 0.6) is 5.75 Å². The summed E-state index contributed by atoms with van der Waals surface area (Å²) >= 11 is 6.03. The number of hydrogen-bond donors (Lipinski definition) is 1. The summed E-state index contributed by atoms with van der Waals surface area (Å²) in [4.78, 5) is 31.5. The Hall–Kier alpha value is -2.57. The molecular weight excluding hydrogens is 356 g/mol. The maximum Gasteiger partial charge on any atom is 0.248 e. The average molecular weight is 375 g/mol. The number of anilines is 1. The average Bonchev–Trinajstić information content (AvgIpc) is 3.04. The van der Waals surface area contributed by atoms with E-state index in [4.69, 9.17) is 21.2 Å². The molecule has 1 fully saturated rings. The minimum atomic E-state index is -0.498. The van der Waals surface area contributed by atoms with Gasteiger partial charge in [0.25, 0.3) is 0 Å². The predicted molar refractivity (Wildman–Crippen MR) is 97.8 cm³/mol. The summed E-state index contributed by atoms with van der Waals surface area (Å²) in [6.07, 6.45) is 0.107. The van der Waals surface area contributed by atoms with Crippen molar-refractivity contribution in [2.24, 2.45) is 5.92 Å². The highest BCUT2D eigenvalue weighted by atomic mass is 35.5. The van der Waals surface area contributed by atoms with Gasteiger partial charge in [0.1, 0.15) is 5.75 Å². The fourth-order valence-corrected chi connectivity index (χ4v) is 3.00. The summed E-state index contributed by atoms with van der Waals surface area (Å²) in [7, 11) is 1.52. The Morgan fingerprint density at radius 1 is 1.27 bits per heavy atom. The molecule has 1 saturated heterocycles. The van der Waals surface area contributed by atoms with Gasteiger partial charge in [-0.15, -0.1) is 0 Å². The molecule has 0 radical (unpaired) electrons. The maximum absolute atomic E-state index is 12.4. The molecule has 2 amide bonds. The van der Waals surface area contributed by atoms with E-state index in [2.05, 4.69) is 5.48 Å². The second-order valence-electron chi connectivity index (χ2n) is 5.96. The van der Waals surface area contributed by atoms with E-state index in [0.717, 1.165) is 5.56 Å². The summed E-state index contributed by atoms with van der Waals surface area (Å²) in [6.45, 7) is 0.509. The molecule has 0 aliphatic carbocycles. The highest BCUT2D eigenvalue weighted by molar-refractivity contribution is 6.31. The van der Waals surface area contributed by atoms with Gasteiger partial charge in [0.2, 0.25) is 11.8 Å². The number of ether oxygens (including phenoxy) is 1. The van der Waals surface area contributed by atoms with Gasteiger partial charge in [-0.2, -0.15) is 0 Å². The summed E-state index contributed by atoms with van der Waals surface area (Å²) in [6, 6.07) is 14.5. The van der Waals surface area contributed by atoms with Crippen LogP contribution in [-0.4, -0.2) is 25.5 Å². The number of hydroxylamine groups is 1. The van der Waals surface area contributed by atoms with Crippen LogP contribution in [0.2, 0.25) is 5.02 Å². The van der Waals surface area contributed by atoms with E-state index in [0.29, 0.717) is 16.5 Å². The maximum atomic E-state index is 12.4. The molecule has 1 aliphatic rings. The molecule has 0 saturated carbocycles. The summed E-state index contributed by atoms with van der Waals surface area (Å²) < 4.78 is 5.29. The number of carbonyl (C=O) groups is 2. The zero-order valence-corrected chi connectivity index (χ0v) is 15.0. The highest BCUT2D eigenvalue weighted by Gasteiger charge is 2.36. The van der Waals surface area contributed by atoms with Gasteiger partial charge in [0, 0.05) is 18.0 Å². The van der Waals surface area contributed by atoms with E-state index in [1.54, 1.807) is 18.2 Å². The number of carbonyl (C=O) groups excluding carboxylic acids is 2. The molecule has 136 valence electrons. The lowest BCUT2D eigenvalue weighted by Gasteiger charge is -2.19. The zero-order valence-electron chi connectivity index (χ0n) is 14.3. The third-order valence-electron chi connectivity index (χ3n) is 4.18. The van der Waals surface area contributed by atoms with Gasteiger partial charge in [-0.3, -0.25) is 14.4 Å². The van der Waals surface area contributed by atoms with Gasteiger partial charge in [-0.25, -0.2) is 5.48 Å². The fourth-order valence-electron chi connectivity index (χ4n) is 2.84. The first-order valence-electron chi connectivity index (χ1n) is 8.18. The van der Waals surface area contributed by atoms with Crippen LogP contribution in [0.4, 0.5) is 5.69 Å². The van der Waals surface area contributed by atoms with Gasteiger partial charge < -0.3 is 9.64 Å². The molecular formula is C19H19ClN2O4. The molecule has 7 heteroatoms. The van der Waals surface area contributed by atoms with Crippen LogP contribution in [0, 0.1) is 5.92 Å². The normalized spacial score (nSPS) is 16.6. The smallest absolute Gasteiger partial charge is 0.248 e. The van der Waals surface area contributed by atoms with E-state index in [1.165, 1.54) is 12.0 Å². The standard InChI is InChI=1S/C19H19ClN2O4/c1-25-17-8-7-15(20)10-16(17)22-11-14(9-18(22)23)19(24)21-26-12-13-5-3-2-4-6-13/h2-8,10,14H,9,11-12H2,1H3,(H,21,24). The van der Waals surface area contributed by atoms with Crippen molar-refractivity contribution < 1.29 is 19.2 Å². The Kier molecular flexibility index (Phi) is 5.75. The molecule has 26 heavy (non-hydrogen) atoms. The second kappa shape index (κ2) is 8.21. The van der Waals surface area contributed by atoms with E-state index >= 15 is 0 Å². The van der Waals surface area contributed by atoms with Crippen molar-refractivity contribution >= 4 is 29.1 Å². The van der Waals surface area contributed by atoms with E-state index in [9.17, 15) is 9.59 Å². The quantitative estimate of drug-likeness (QED) is 0.789. The van der Waals surface area contributed by atoms with Gasteiger partial charge in [-0.05, 0) is 23.8 Å². The van der Waals surface area contributed by atoms with Crippen molar-refractivity contribution in [1.29, 1.82) is 0 Å². The number of nitrogens with zero attached hydrogens (tertiary/aromatic N) is 1. The second-order valence-corrected chi connectivity index (χ2v) is 6.40. The molecule has 2 aromatic carbocycles. The Morgan fingerprint density at radius 3 is 2.77 bits per heavy atom. The topological polar surface area (TPSA) is 67.9 Å². The Bertz CT molecular complexity index is 797. The first-order chi connectivity index (χ1) is 12.6. The lowest BCUT2D eigenvalue weighted by atomic mass is 10.1. The SMILES string of the molecule is COc1ccc(Cl)cc1N1CC(C(=O)NOCc2ccccc2)CC1=O. The minimum absolute atomic E-state index is 0.107. The van der Waals surface area contributed by atoms with Gasteiger partial charge in [0.05, 0.1) is 25.3 Å². The number of methoxy groups -OCH3 is 1. The molecule has 2 aromatic rings. The first-order valence-corrected chi connectivity index (χ1v) is 8.55. The van der Waals surface area contributed by atoms with Crippen LogP contribution >= 0.6 is 11.6 Å². The van der Waals surface area contributed by atoms with Crippen molar-refractivity contribution in [1.82, 2.24) is 5.48 Å². The molecule has 1 heterocycles. The third-order valence-corrected chi connectivity index (χ3v) is 4.42. The molecule has 0 bridgehead atoms. The van der Waals surface area contributed by atoms with Gasteiger partial charge in [0.15, 0.2) is 0 Å². The van der Waals surface area contributed by atoms with Gasteiger partial charge in [-0.1, -0.05) is 41.9 Å². The lowest BCUT2D eigenvalue weighted by Crippen LogP contribution is -2.33. The van der Waals surface area contributed by atoms with E-state index in [-0.39, 0.29) is 31.4 Å². The summed E-state index contributed by atoms with van der Waals surface area (Å²) in [5, 5.41) is 0.493. The monoisotopic (exact) mass is 374 g/mol. The predicted octanol–water partition coefficient (Wildman–Crippen LogP) is 2.95. The number of rotatable bonds is 6. The third kappa shape index (κ3) is 4.15. The van der Waals surface area contributed by atoms with Crippen LogP contribution in [-0.2, 0) is 21.0 Å². The van der Waals surface area contributed by atoms with Crippen LogP contribution < -0.4 is 15.1 Å². The largest absolute Gasteiger partial charge is 0.495 e. The summed E-state index contributed by atoms with van der Waals surface area (Å²) in [5.41, 5.74) is 3.94. The van der Waals surface area contributed by atoms with Crippen molar-refractivity contribution in [2.45, 2.75) is 13.0 Å². The summed E-state index contributed by atoms with van der Waals surface area (Å²) in [5.74, 6) is -0.447. The van der Waals surface area contributed by atoms with Crippen LogP contribution in [0.25, 0.3) is 0 Å². The van der Waals surface area contributed by atoms with Crippen LogP contribution in [0.1, 0.15) is 12.0 Å². The fraction of sp³-hybridized carbons (Fsp3) is 0.263. The molecule has 3 rings (SSSR count).